The van der Waals surface area contributed by atoms with Gasteiger partial charge in [0.05, 0.1) is 5.54 Å². The van der Waals surface area contributed by atoms with Crippen molar-refractivity contribution in [2.45, 2.75) is 58.9 Å². The van der Waals surface area contributed by atoms with E-state index in [1.165, 1.54) is 0 Å². The summed E-state index contributed by atoms with van der Waals surface area (Å²) < 4.78 is 1.98. The number of rotatable bonds is 3. The molecule has 1 saturated heterocycles. The van der Waals surface area contributed by atoms with E-state index in [4.69, 9.17) is 0 Å². The first-order valence-electron chi connectivity index (χ1n) is 8.24. The fourth-order valence-electron chi connectivity index (χ4n) is 2.93. The lowest BCUT2D eigenvalue weighted by Gasteiger charge is -2.30. The number of hydrogen-bond donors (Lipinski definition) is 1. The molecule has 1 aromatic rings. The molecule has 22 heavy (non-hydrogen) atoms. The highest BCUT2D eigenvalue weighted by Crippen LogP contribution is 2.25. The van der Waals surface area contributed by atoms with Gasteiger partial charge in [0.1, 0.15) is 0 Å². The largest absolute Gasteiger partial charge is 0.396 e. The quantitative estimate of drug-likeness (QED) is 0.934. The van der Waals surface area contributed by atoms with Gasteiger partial charge >= 0.3 is 0 Å². The maximum atomic E-state index is 12.7. The number of aliphatic hydroxyl groups excluding tert-OH is 1. The van der Waals surface area contributed by atoms with Gasteiger partial charge in [-0.1, -0.05) is 13.8 Å². The summed E-state index contributed by atoms with van der Waals surface area (Å²) in [7, 11) is 0. The number of carbonyl (C=O) groups excluding carboxylic acids is 1. The molecule has 0 radical (unpaired) electrons. The van der Waals surface area contributed by atoms with E-state index in [2.05, 4.69) is 39.7 Å². The molecule has 0 unspecified atom stereocenters. The van der Waals surface area contributed by atoms with Crippen LogP contribution in [0.4, 0.5) is 0 Å². The Hall–Kier alpha value is -1.36. The molecule has 0 saturated carbocycles. The maximum absolute atomic E-state index is 12.7. The summed E-state index contributed by atoms with van der Waals surface area (Å²) in [6.07, 6.45) is 1.75. The zero-order valence-corrected chi connectivity index (χ0v) is 14.5. The molecule has 0 bridgehead atoms. The molecular formula is C17H29N3O2. The lowest BCUT2D eigenvalue weighted by Crippen LogP contribution is -2.39. The Kier molecular flexibility index (Phi) is 4.95. The highest BCUT2D eigenvalue weighted by Gasteiger charge is 2.28. The van der Waals surface area contributed by atoms with Gasteiger partial charge in [-0.25, -0.2) is 0 Å². The van der Waals surface area contributed by atoms with Gasteiger partial charge in [0.2, 0.25) is 0 Å². The van der Waals surface area contributed by atoms with Crippen LogP contribution in [0.2, 0.25) is 0 Å². The minimum atomic E-state index is -0.137. The van der Waals surface area contributed by atoms with Crippen molar-refractivity contribution >= 4 is 5.91 Å². The molecule has 1 amide bonds. The summed E-state index contributed by atoms with van der Waals surface area (Å²) in [6, 6.07) is 1.94. The molecule has 0 spiro atoms. The summed E-state index contributed by atoms with van der Waals surface area (Å²) in [5.74, 6) is 0.678. The first-order chi connectivity index (χ1) is 10.2. The molecule has 0 aromatic carbocycles. The Morgan fingerprint density at radius 3 is 2.36 bits per heavy atom. The normalized spacial score (nSPS) is 17.3. The van der Waals surface area contributed by atoms with Gasteiger partial charge in [-0.2, -0.15) is 5.10 Å². The van der Waals surface area contributed by atoms with Crippen LogP contribution in [-0.4, -0.2) is 45.4 Å². The number of piperidine rings is 1. The van der Waals surface area contributed by atoms with E-state index in [9.17, 15) is 9.90 Å². The Morgan fingerprint density at radius 1 is 1.36 bits per heavy atom. The first-order valence-corrected chi connectivity index (χ1v) is 8.24. The SMILES string of the molecule is CC(C)c1cc(C(=O)N2CCC(CO)CC2)nn1C(C)(C)C. The average Bonchev–Trinajstić information content (AvgIpc) is 2.92. The molecule has 124 valence electrons. The van der Waals surface area contributed by atoms with Crippen LogP contribution in [0, 0.1) is 5.92 Å². The summed E-state index contributed by atoms with van der Waals surface area (Å²) >= 11 is 0. The van der Waals surface area contributed by atoms with Gasteiger partial charge in [0.25, 0.3) is 5.91 Å². The lowest BCUT2D eigenvalue weighted by molar-refractivity contribution is 0.0643. The molecule has 0 atom stereocenters. The zero-order chi connectivity index (χ0) is 16.5. The third kappa shape index (κ3) is 3.51. The summed E-state index contributed by atoms with van der Waals surface area (Å²) in [5.41, 5.74) is 1.50. The van der Waals surface area contributed by atoms with Crippen LogP contribution >= 0.6 is 0 Å². The van der Waals surface area contributed by atoms with E-state index in [0.717, 1.165) is 18.5 Å². The van der Waals surface area contributed by atoms with E-state index in [0.29, 0.717) is 30.6 Å². The number of amides is 1. The average molecular weight is 307 g/mol. The Morgan fingerprint density at radius 2 is 1.95 bits per heavy atom. The number of nitrogens with zero attached hydrogens (tertiary/aromatic N) is 3. The van der Waals surface area contributed by atoms with E-state index < -0.39 is 0 Å². The number of aromatic nitrogens is 2. The van der Waals surface area contributed by atoms with Crippen molar-refractivity contribution in [3.63, 3.8) is 0 Å². The van der Waals surface area contributed by atoms with Crippen LogP contribution in [0.3, 0.4) is 0 Å². The van der Waals surface area contributed by atoms with Crippen molar-refractivity contribution < 1.29 is 9.90 Å². The Balaban J connectivity index is 2.20. The zero-order valence-electron chi connectivity index (χ0n) is 14.5. The van der Waals surface area contributed by atoms with Gasteiger partial charge in [0, 0.05) is 25.4 Å². The second-order valence-electron chi connectivity index (χ2n) is 7.61. The van der Waals surface area contributed by atoms with E-state index in [-0.39, 0.29) is 18.1 Å². The second-order valence-corrected chi connectivity index (χ2v) is 7.61. The van der Waals surface area contributed by atoms with Gasteiger partial charge in [-0.3, -0.25) is 9.48 Å². The van der Waals surface area contributed by atoms with Crippen molar-refractivity contribution in [3.8, 4) is 0 Å². The molecule has 2 rings (SSSR count). The monoisotopic (exact) mass is 307 g/mol. The van der Waals surface area contributed by atoms with Crippen LogP contribution in [0.25, 0.3) is 0 Å². The van der Waals surface area contributed by atoms with Crippen LogP contribution in [0.15, 0.2) is 6.07 Å². The molecule has 1 aliphatic rings. The highest BCUT2D eigenvalue weighted by molar-refractivity contribution is 5.92. The summed E-state index contributed by atoms with van der Waals surface area (Å²) in [5, 5.41) is 13.8. The van der Waals surface area contributed by atoms with Crippen molar-refractivity contribution in [2.75, 3.05) is 19.7 Å². The fraction of sp³-hybridized carbons (Fsp3) is 0.765. The third-order valence-electron chi connectivity index (χ3n) is 4.34. The van der Waals surface area contributed by atoms with Gasteiger partial charge in [-0.05, 0) is 51.5 Å². The van der Waals surface area contributed by atoms with Crippen LogP contribution < -0.4 is 0 Å². The van der Waals surface area contributed by atoms with E-state index in [1.807, 2.05) is 15.6 Å². The van der Waals surface area contributed by atoms with Crippen LogP contribution in [-0.2, 0) is 5.54 Å². The topological polar surface area (TPSA) is 58.4 Å². The van der Waals surface area contributed by atoms with Crippen molar-refractivity contribution in [3.05, 3.63) is 17.5 Å². The summed E-state index contributed by atoms with van der Waals surface area (Å²) in [6.45, 7) is 12.2. The highest BCUT2D eigenvalue weighted by atomic mass is 16.3. The number of aliphatic hydroxyl groups is 1. The molecule has 1 aromatic heterocycles. The number of hydrogen-bond acceptors (Lipinski definition) is 3. The third-order valence-corrected chi connectivity index (χ3v) is 4.34. The van der Waals surface area contributed by atoms with Crippen molar-refractivity contribution in [1.82, 2.24) is 14.7 Å². The molecule has 1 aliphatic heterocycles. The predicted octanol–water partition coefficient (Wildman–Crippen LogP) is 2.61. The molecule has 1 fully saturated rings. The maximum Gasteiger partial charge on any atom is 0.274 e. The minimum absolute atomic E-state index is 0.0151. The molecular weight excluding hydrogens is 278 g/mol. The summed E-state index contributed by atoms with van der Waals surface area (Å²) in [4.78, 5) is 14.6. The van der Waals surface area contributed by atoms with Gasteiger partial charge < -0.3 is 10.0 Å². The minimum Gasteiger partial charge on any atom is -0.396 e. The van der Waals surface area contributed by atoms with Crippen LogP contribution in [0.5, 0.6) is 0 Å². The first kappa shape index (κ1) is 17.0. The van der Waals surface area contributed by atoms with E-state index >= 15 is 0 Å². The standard InChI is InChI=1S/C17H29N3O2/c1-12(2)15-10-14(18-20(15)17(3,4)5)16(22)19-8-6-13(11-21)7-9-19/h10,12-13,21H,6-9,11H2,1-5H3. The molecule has 2 heterocycles. The molecule has 5 nitrogen and oxygen atoms in total. The molecule has 0 aliphatic carbocycles. The number of carbonyl (C=O) groups is 1. The number of likely N-dealkylation sites (tertiary alicyclic amines) is 1. The Bertz CT molecular complexity index is 520. The van der Waals surface area contributed by atoms with Crippen LogP contribution in [0.1, 0.15) is 69.6 Å². The second kappa shape index (κ2) is 6.41. The van der Waals surface area contributed by atoms with Crippen molar-refractivity contribution in [2.24, 2.45) is 5.92 Å². The Labute approximate surface area is 133 Å². The van der Waals surface area contributed by atoms with Gasteiger partial charge in [-0.15, -0.1) is 0 Å². The van der Waals surface area contributed by atoms with Gasteiger partial charge in [0.15, 0.2) is 5.69 Å². The molecule has 5 heteroatoms. The smallest absolute Gasteiger partial charge is 0.274 e. The van der Waals surface area contributed by atoms with Crippen molar-refractivity contribution in [1.29, 1.82) is 0 Å². The molecule has 1 N–H and O–H groups in total. The lowest BCUT2D eigenvalue weighted by atomic mass is 9.97. The van der Waals surface area contributed by atoms with E-state index in [1.54, 1.807) is 0 Å². The predicted molar refractivity (Wildman–Crippen MR) is 87.0 cm³/mol. The fourth-order valence-corrected chi connectivity index (χ4v) is 2.93.